The predicted octanol–water partition coefficient (Wildman–Crippen LogP) is 11.6. The first-order valence-electron chi connectivity index (χ1n) is 31.6. The van der Waals surface area contributed by atoms with Crippen LogP contribution >= 0.6 is 7.82 Å². The minimum atomic E-state index is -4.78. The molecule has 3 atom stereocenters. The Balaban J connectivity index is 1.86. The number of ether oxygens (including phenoxy) is 2. The molecule has 472 valence electrons. The number of carbonyl (C=O) groups excluding carboxylic acids is 3. The second kappa shape index (κ2) is 48.2. The number of phosphoric acid groups is 1. The third-order valence-electron chi connectivity index (χ3n) is 14.9. The monoisotopic (exact) mass is 1180 g/mol. The van der Waals surface area contributed by atoms with Crippen LogP contribution in [0.25, 0.3) is 0 Å². The van der Waals surface area contributed by atoms with E-state index >= 15 is 0 Å². The summed E-state index contributed by atoms with van der Waals surface area (Å²) >= 11 is 0. The van der Waals surface area contributed by atoms with Gasteiger partial charge in [0.15, 0.2) is 6.10 Å². The van der Waals surface area contributed by atoms with Gasteiger partial charge in [-0.15, -0.1) is 0 Å². The quantitative estimate of drug-likeness (QED) is 0.0230. The molecule has 0 fully saturated rings. The molecule has 0 radical (unpaired) electrons. The highest BCUT2D eigenvalue weighted by Crippen LogP contribution is 2.43. The van der Waals surface area contributed by atoms with E-state index in [0.717, 1.165) is 38.5 Å². The Kier molecular flexibility index (Phi) is 43.6. The van der Waals surface area contributed by atoms with Crippen LogP contribution in [-0.2, 0) is 64.9 Å². The normalized spacial score (nSPS) is 15.2. The van der Waals surface area contributed by atoms with E-state index in [1.807, 2.05) is 0 Å². The molecule has 21 heteroatoms. The summed E-state index contributed by atoms with van der Waals surface area (Å²) < 4.78 is 34.4. The Morgan fingerprint density at radius 1 is 0.561 bits per heavy atom. The van der Waals surface area contributed by atoms with Crippen LogP contribution in [0.15, 0.2) is 18.2 Å². The number of phosphoric ester groups is 1. The number of aliphatic carboxylic acids is 3. The Morgan fingerprint density at radius 2 is 0.976 bits per heavy atom. The van der Waals surface area contributed by atoms with Crippen molar-refractivity contribution in [3.63, 3.8) is 0 Å². The van der Waals surface area contributed by atoms with Gasteiger partial charge in [-0.2, -0.15) is 0 Å². The number of amides is 1. The second-order valence-corrected chi connectivity index (χ2v) is 23.9. The van der Waals surface area contributed by atoms with Crippen molar-refractivity contribution >= 4 is 43.6 Å². The SMILES string of the molecule is CCCCCCCCCCCCCCCCCC(=O)OC[C@H](COP(=O)(O)OCCNC(=O)CCC(C(=O)O)N1CCN(CC(=O)O)Cc2cccc(n2)CN(CC(=O)O)CC1)OC(=O)CCCCCCCCCCCCCCCCC. The molecule has 0 spiro atoms. The van der Waals surface area contributed by atoms with Gasteiger partial charge in [0.25, 0.3) is 0 Å². The number of carboxylic acid groups (broad SMARTS) is 3. The van der Waals surface area contributed by atoms with Gasteiger partial charge in [0, 0.05) is 65.1 Å². The molecular weight excluding hydrogens is 1070 g/mol. The molecule has 5 N–H and O–H groups in total. The number of nitrogens with zero attached hydrogens (tertiary/aromatic N) is 4. The minimum Gasteiger partial charge on any atom is -0.480 e. The third kappa shape index (κ3) is 41.1. The number of fused-ring (bicyclic) bond motifs is 2. The second-order valence-electron chi connectivity index (χ2n) is 22.4. The van der Waals surface area contributed by atoms with Crippen LogP contribution in [0.5, 0.6) is 0 Å². The lowest BCUT2D eigenvalue weighted by atomic mass is 10.0. The number of hydrogen-bond acceptors (Lipinski definition) is 15. The summed E-state index contributed by atoms with van der Waals surface area (Å²) in [5.74, 6) is -4.97. The van der Waals surface area contributed by atoms with Crippen LogP contribution in [0, 0.1) is 0 Å². The van der Waals surface area contributed by atoms with E-state index in [1.54, 1.807) is 32.9 Å². The van der Waals surface area contributed by atoms with E-state index < -0.39 is 68.9 Å². The molecule has 2 rings (SSSR count). The smallest absolute Gasteiger partial charge is 0.472 e. The first-order valence-corrected chi connectivity index (χ1v) is 33.1. The average molecular weight is 1180 g/mol. The molecule has 20 nitrogen and oxygen atoms in total. The summed E-state index contributed by atoms with van der Waals surface area (Å²) in [6.07, 6.45) is 34.5. The topological polar surface area (TPSA) is 272 Å². The van der Waals surface area contributed by atoms with Gasteiger partial charge < -0.3 is 35.0 Å². The summed E-state index contributed by atoms with van der Waals surface area (Å²) in [5, 5.41) is 32.1. The zero-order chi connectivity index (χ0) is 59.9. The molecule has 1 amide bonds. The highest BCUT2D eigenvalue weighted by atomic mass is 31.2. The molecule has 2 heterocycles. The largest absolute Gasteiger partial charge is 0.480 e. The fourth-order valence-corrected chi connectivity index (χ4v) is 11.0. The van der Waals surface area contributed by atoms with E-state index in [9.17, 15) is 53.5 Å². The first-order chi connectivity index (χ1) is 39.6. The summed E-state index contributed by atoms with van der Waals surface area (Å²) in [6, 6.07) is 4.04. The number of nitrogens with one attached hydrogen (secondary N) is 1. The van der Waals surface area contributed by atoms with Gasteiger partial charge in [0.2, 0.25) is 5.91 Å². The predicted molar refractivity (Wildman–Crippen MR) is 317 cm³/mol. The van der Waals surface area contributed by atoms with E-state index in [4.69, 9.17) is 18.5 Å². The fourth-order valence-electron chi connectivity index (χ4n) is 10.2. The number of hydrogen-bond donors (Lipinski definition) is 5. The first kappa shape index (κ1) is 74.1. The van der Waals surface area contributed by atoms with Crippen LogP contribution in [0.4, 0.5) is 0 Å². The number of esters is 2. The Morgan fingerprint density at radius 3 is 1.39 bits per heavy atom. The van der Waals surface area contributed by atoms with Crippen molar-refractivity contribution in [3.8, 4) is 0 Å². The van der Waals surface area contributed by atoms with Gasteiger partial charge in [-0.05, 0) is 31.4 Å². The molecule has 2 unspecified atom stereocenters. The molecule has 0 saturated heterocycles. The summed E-state index contributed by atoms with van der Waals surface area (Å²) in [5.41, 5.74) is 1.15. The van der Waals surface area contributed by atoms with E-state index in [-0.39, 0.29) is 91.2 Å². The molecule has 0 saturated carbocycles. The van der Waals surface area contributed by atoms with Gasteiger partial charge in [-0.3, -0.25) is 57.5 Å². The number of unbranched alkanes of at least 4 members (excludes halogenated alkanes) is 28. The van der Waals surface area contributed by atoms with Crippen molar-refractivity contribution in [1.82, 2.24) is 25.0 Å². The molecule has 1 aromatic rings. The third-order valence-corrected chi connectivity index (χ3v) is 15.9. The van der Waals surface area contributed by atoms with Crippen LogP contribution in [0.2, 0.25) is 0 Å². The van der Waals surface area contributed by atoms with Gasteiger partial charge in [-0.25, -0.2) is 4.57 Å². The lowest BCUT2D eigenvalue weighted by molar-refractivity contribution is -0.161. The van der Waals surface area contributed by atoms with Crippen LogP contribution in [0.1, 0.15) is 244 Å². The molecule has 1 aliphatic rings. The molecule has 1 aromatic heterocycles. The van der Waals surface area contributed by atoms with Crippen LogP contribution < -0.4 is 5.32 Å². The van der Waals surface area contributed by atoms with E-state index in [2.05, 4.69) is 24.1 Å². The van der Waals surface area contributed by atoms with Crippen LogP contribution in [-0.4, -0.2) is 153 Å². The summed E-state index contributed by atoms with van der Waals surface area (Å²) in [4.78, 5) is 95.0. The lowest BCUT2D eigenvalue weighted by Gasteiger charge is -2.33. The molecule has 0 aliphatic carbocycles. The molecule has 2 bridgehead atoms. The summed E-state index contributed by atoms with van der Waals surface area (Å²) in [7, 11) is -4.78. The van der Waals surface area contributed by atoms with Gasteiger partial charge in [0.1, 0.15) is 12.6 Å². The van der Waals surface area contributed by atoms with Crippen molar-refractivity contribution in [3.05, 3.63) is 29.6 Å². The van der Waals surface area contributed by atoms with E-state index in [1.165, 1.54) is 141 Å². The maximum atomic E-state index is 13.0. The van der Waals surface area contributed by atoms with E-state index in [0.29, 0.717) is 24.2 Å². The fraction of sp³-hybridized carbons (Fsp3) is 0.820. The number of carbonyl (C=O) groups is 6. The van der Waals surface area contributed by atoms with Crippen molar-refractivity contribution in [2.45, 2.75) is 257 Å². The highest BCUT2D eigenvalue weighted by Gasteiger charge is 2.30. The lowest BCUT2D eigenvalue weighted by Crippen LogP contribution is -2.49. The maximum absolute atomic E-state index is 13.0. The molecule has 0 aromatic carbocycles. The van der Waals surface area contributed by atoms with Crippen molar-refractivity contribution in [1.29, 1.82) is 0 Å². The number of carboxylic acids is 3. The summed E-state index contributed by atoms with van der Waals surface area (Å²) in [6.45, 7) is 2.90. The standard InChI is InChI=1S/C61H108N5O15P/c1-3-5-7-9-11-13-15-17-19-21-23-25-27-29-31-36-59(72)78-50-54(81-60(73)37-32-30-28-26-24-22-20-18-16-14-12-10-8-6-4-2)51-80-82(76,77)79-45-40-62-56(67)39-38-55(61(74)75)66-43-41-64(48-57(68)69)46-52-34-33-35-53(63-52)47-65(42-44-66)49-58(70)71/h33-35,54-55H,3-32,36-51H2,1-2H3,(H,62,67)(H,68,69)(H,70,71)(H,74,75)(H,76,77)/t54-,55?/m1/s1. The maximum Gasteiger partial charge on any atom is 0.472 e. The Bertz CT molecular complexity index is 1890. The van der Waals surface area contributed by atoms with Crippen molar-refractivity contribution < 1.29 is 72.1 Å². The molecule has 1 aliphatic heterocycles. The number of aromatic nitrogens is 1. The van der Waals surface area contributed by atoms with Gasteiger partial charge >= 0.3 is 37.7 Å². The van der Waals surface area contributed by atoms with Crippen LogP contribution in [0.3, 0.4) is 0 Å². The average Bonchev–Trinajstić information content (AvgIpc) is 3.47. The number of rotatable bonds is 51. The zero-order valence-corrected chi connectivity index (χ0v) is 51.3. The zero-order valence-electron chi connectivity index (χ0n) is 50.4. The highest BCUT2D eigenvalue weighted by molar-refractivity contribution is 7.47. The van der Waals surface area contributed by atoms with Gasteiger partial charge in [-0.1, -0.05) is 200 Å². The Labute approximate surface area is 491 Å². The van der Waals surface area contributed by atoms with Gasteiger partial charge in [0.05, 0.1) is 37.7 Å². The Hall–Kier alpha value is -4.04. The number of pyridine rings is 1. The minimum absolute atomic E-state index is 0.0910. The molecule has 82 heavy (non-hydrogen) atoms. The van der Waals surface area contributed by atoms with Crippen molar-refractivity contribution in [2.75, 3.05) is 65.6 Å². The van der Waals surface area contributed by atoms with Crippen molar-refractivity contribution in [2.24, 2.45) is 0 Å². The molecular formula is C61H108N5O15P.